The van der Waals surface area contributed by atoms with Gasteiger partial charge in [-0.15, -0.1) is 0 Å². The molecule has 0 bridgehead atoms. The van der Waals surface area contributed by atoms with Crippen LogP contribution in [0.25, 0.3) is 10.9 Å². The van der Waals surface area contributed by atoms with Crippen LogP contribution in [0.1, 0.15) is 19.4 Å². The molecule has 0 aliphatic carbocycles. The molecule has 3 heteroatoms. The van der Waals surface area contributed by atoms with E-state index in [0.717, 1.165) is 17.7 Å². The molecular formula is C13H18N2O. The van der Waals surface area contributed by atoms with E-state index in [-0.39, 0.29) is 5.54 Å². The van der Waals surface area contributed by atoms with Gasteiger partial charge in [-0.2, -0.15) is 0 Å². The van der Waals surface area contributed by atoms with Gasteiger partial charge in [-0.1, -0.05) is 12.1 Å². The number of hydrogen-bond acceptors (Lipinski definition) is 2. The monoisotopic (exact) mass is 218 g/mol. The quantitative estimate of drug-likeness (QED) is 0.831. The standard InChI is InChI=1S/C13H18N2O/c1-13(2,14)7-9-8-15-12-10(9)5-4-6-11(12)16-3/h4-6,8,15H,7,14H2,1-3H3. The number of aromatic nitrogens is 1. The van der Waals surface area contributed by atoms with Crippen molar-refractivity contribution in [2.24, 2.45) is 5.73 Å². The minimum Gasteiger partial charge on any atom is -0.495 e. The highest BCUT2D eigenvalue weighted by atomic mass is 16.5. The largest absolute Gasteiger partial charge is 0.495 e. The van der Waals surface area contributed by atoms with Gasteiger partial charge in [-0.25, -0.2) is 0 Å². The van der Waals surface area contributed by atoms with Crippen molar-refractivity contribution in [1.29, 1.82) is 0 Å². The van der Waals surface area contributed by atoms with Crippen LogP contribution in [-0.2, 0) is 6.42 Å². The van der Waals surface area contributed by atoms with E-state index in [1.165, 1.54) is 10.9 Å². The molecule has 3 nitrogen and oxygen atoms in total. The first-order chi connectivity index (χ1) is 7.51. The number of methoxy groups -OCH3 is 1. The van der Waals surface area contributed by atoms with Gasteiger partial charge in [0.25, 0.3) is 0 Å². The summed E-state index contributed by atoms with van der Waals surface area (Å²) in [5, 5.41) is 1.19. The van der Waals surface area contributed by atoms with Gasteiger partial charge in [-0.3, -0.25) is 0 Å². The van der Waals surface area contributed by atoms with E-state index in [2.05, 4.69) is 11.1 Å². The molecule has 2 aromatic rings. The summed E-state index contributed by atoms with van der Waals surface area (Å²) in [6.07, 6.45) is 2.86. The Morgan fingerprint density at radius 1 is 1.38 bits per heavy atom. The van der Waals surface area contributed by atoms with Crippen molar-refractivity contribution < 1.29 is 4.74 Å². The number of nitrogens with two attached hydrogens (primary N) is 1. The third kappa shape index (κ3) is 2.04. The summed E-state index contributed by atoms with van der Waals surface area (Å²) in [5.41, 5.74) is 8.13. The molecule has 16 heavy (non-hydrogen) atoms. The normalized spacial score (nSPS) is 12.0. The molecule has 0 radical (unpaired) electrons. The summed E-state index contributed by atoms with van der Waals surface area (Å²) in [7, 11) is 1.68. The third-order valence-corrected chi connectivity index (χ3v) is 2.63. The number of nitrogens with one attached hydrogen (secondary N) is 1. The van der Waals surface area contributed by atoms with Gasteiger partial charge in [0, 0.05) is 17.1 Å². The summed E-state index contributed by atoms with van der Waals surface area (Å²) < 4.78 is 5.31. The van der Waals surface area contributed by atoms with Crippen LogP contribution < -0.4 is 10.5 Å². The summed E-state index contributed by atoms with van der Waals surface area (Å²) in [6.45, 7) is 4.07. The Labute approximate surface area is 95.6 Å². The maximum absolute atomic E-state index is 6.04. The average Bonchev–Trinajstić information content (AvgIpc) is 2.59. The second-order valence-corrected chi connectivity index (χ2v) is 4.86. The molecule has 0 unspecified atom stereocenters. The maximum Gasteiger partial charge on any atom is 0.142 e. The highest BCUT2D eigenvalue weighted by molar-refractivity contribution is 5.88. The van der Waals surface area contributed by atoms with E-state index in [1.807, 2.05) is 32.2 Å². The zero-order valence-electron chi connectivity index (χ0n) is 10.0. The maximum atomic E-state index is 6.04. The molecule has 1 aromatic carbocycles. The first-order valence-corrected chi connectivity index (χ1v) is 5.43. The molecule has 0 spiro atoms. The SMILES string of the molecule is COc1cccc2c(CC(C)(C)N)c[nH]c12. The number of ether oxygens (including phenoxy) is 1. The lowest BCUT2D eigenvalue weighted by atomic mass is 9.96. The van der Waals surface area contributed by atoms with Crippen molar-refractivity contribution in [3.05, 3.63) is 30.0 Å². The highest BCUT2D eigenvalue weighted by Crippen LogP contribution is 2.28. The fourth-order valence-corrected chi connectivity index (χ4v) is 1.99. The average molecular weight is 218 g/mol. The molecule has 1 aromatic heterocycles. The van der Waals surface area contributed by atoms with Crippen molar-refractivity contribution in [1.82, 2.24) is 4.98 Å². The van der Waals surface area contributed by atoms with Gasteiger partial charge in [0.15, 0.2) is 0 Å². The van der Waals surface area contributed by atoms with Crippen LogP contribution in [0.15, 0.2) is 24.4 Å². The van der Waals surface area contributed by atoms with Gasteiger partial charge < -0.3 is 15.5 Å². The van der Waals surface area contributed by atoms with E-state index >= 15 is 0 Å². The van der Waals surface area contributed by atoms with Gasteiger partial charge in [0.05, 0.1) is 12.6 Å². The lowest BCUT2D eigenvalue weighted by Crippen LogP contribution is -2.34. The first kappa shape index (κ1) is 11.0. The van der Waals surface area contributed by atoms with Gasteiger partial charge in [0.2, 0.25) is 0 Å². The Bertz CT molecular complexity index is 494. The van der Waals surface area contributed by atoms with Crippen LogP contribution in [0.3, 0.4) is 0 Å². The number of H-pyrrole nitrogens is 1. The minimum atomic E-state index is -0.196. The highest BCUT2D eigenvalue weighted by Gasteiger charge is 2.15. The summed E-state index contributed by atoms with van der Waals surface area (Å²) >= 11 is 0. The van der Waals surface area contributed by atoms with E-state index in [1.54, 1.807) is 7.11 Å². The van der Waals surface area contributed by atoms with Crippen molar-refractivity contribution in [2.45, 2.75) is 25.8 Å². The molecule has 1 heterocycles. The molecule has 0 aliphatic rings. The Balaban J connectivity index is 2.49. The Hall–Kier alpha value is -1.48. The number of benzene rings is 1. The van der Waals surface area contributed by atoms with Crippen LogP contribution in [0.2, 0.25) is 0 Å². The van der Waals surface area contributed by atoms with Gasteiger partial charge in [0.1, 0.15) is 5.75 Å². The van der Waals surface area contributed by atoms with E-state index in [4.69, 9.17) is 10.5 Å². The third-order valence-electron chi connectivity index (χ3n) is 2.63. The van der Waals surface area contributed by atoms with Crippen molar-refractivity contribution in [3.8, 4) is 5.75 Å². The van der Waals surface area contributed by atoms with Crippen molar-refractivity contribution in [3.63, 3.8) is 0 Å². The Morgan fingerprint density at radius 3 is 2.75 bits per heavy atom. The van der Waals surface area contributed by atoms with E-state index in [9.17, 15) is 0 Å². The van der Waals surface area contributed by atoms with Crippen LogP contribution in [0, 0.1) is 0 Å². The van der Waals surface area contributed by atoms with Crippen LogP contribution in [0.5, 0.6) is 5.75 Å². The molecule has 0 amide bonds. The Morgan fingerprint density at radius 2 is 2.12 bits per heavy atom. The lowest BCUT2D eigenvalue weighted by Gasteiger charge is -2.17. The van der Waals surface area contributed by atoms with Gasteiger partial charge >= 0.3 is 0 Å². The molecule has 3 N–H and O–H groups in total. The number of rotatable bonds is 3. The van der Waals surface area contributed by atoms with E-state index in [0.29, 0.717) is 0 Å². The second-order valence-electron chi connectivity index (χ2n) is 4.86. The van der Waals surface area contributed by atoms with Crippen LogP contribution >= 0.6 is 0 Å². The fraction of sp³-hybridized carbons (Fsp3) is 0.385. The van der Waals surface area contributed by atoms with Crippen LogP contribution in [0.4, 0.5) is 0 Å². The van der Waals surface area contributed by atoms with Crippen molar-refractivity contribution >= 4 is 10.9 Å². The second kappa shape index (κ2) is 3.83. The number of fused-ring (bicyclic) bond motifs is 1. The van der Waals surface area contributed by atoms with Crippen molar-refractivity contribution in [2.75, 3.05) is 7.11 Å². The van der Waals surface area contributed by atoms with Crippen LogP contribution in [-0.4, -0.2) is 17.6 Å². The lowest BCUT2D eigenvalue weighted by molar-refractivity contribution is 0.419. The molecule has 86 valence electrons. The molecule has 0 atom stereocenters. The minimum absolute atomic E-state index is 0.196. The zero-order valence-corrected chi connectivity index (χ0v) is 10.0. The number of para-hydroxylation sites is 1. The molecule has 0 aliphatic heterocycles. The summed E-state index contributed by atoms with van der Waals surface area (Å²) in [5.74, 6) is 0.874. The summed E-state index contributed by atoms with van der Waals surface area (Å²) in [6, 6.07) is 6.05. The smallest absolute Gasteiger partial charge is 0.142 e. The predicted octanol–water partition coefficient (Wildman–Crippen LogP) is 2.46. The van der Waals surface area contributed by atoms with E-state index < -0.39 is 0 Å². The van der Waals surface area contributed by atoms with Gasteiger partial charge in [-0.05, 0) is 31.9 Å². The molecule has 2 rings (SSSR count). The zero-order chi connectivity index (χ0) is 11.8. The Kier molecular flexibility index (Phi) is 2.64. The number of hydrogen-bond donors (Lipinski definition) is 2. The molecule has 0 saturated carbocycles. The number of aromatic amines is 1. The topological polar surface area (TPSA) is 51.0 Å². The molecule has 0 saturated heterocycles. The fourth-order valence-electron chi connectivity index (χ4n) is 1.99. The molecular weight excluding hydrogens is 200 g/mol. The summed E-state index contributed by atoms with van der Waals surface area (Å²) in [4.78, 5) is 3.25. The first-order valence-electron chi connectivity index (χ1n) is 5.43. The predicted molar refractivity (Wildman–Crippen MR) is 66.8 cm³/mol. The molecule has 0 fully saturated rings.